The van der Waals surface area contributed by atoms with Crippen LogP contribution in [-0.4, -0.2) is 15.3 Å². The fourth-order valence-corrected chi connectivity index (χ4v) is 6.43. The molecule has 0 aliphatic rings. The second-order valence-corrected chi connectivity index (χ2v) is 13.1. The molecule has 0 saturated carbocycles. The first-order valence-corrected chi connectivity index (χ1v) is 16.5. The third kappa shape index (κ3) is 6.86. The Morgan fingerprint density at radius 1 is 0.423 bits per heavy atom. The van der Waals surface area contributed by atoms with Gasteiger partial charge in [0.15, 0.2) is 5.75 Å². The van der Waals surface area contributed by atoms with E-state index in [-0.39, 0.29) is 45.7 Å². The molecule has 0 aliphatic carbocycles. The Morgan fingerprint density at radius 2 is 1.13 bits per heavy atom. The van der Waals surface area contributed by atoms with E-state index < -0.39 is 0 Å². The molecule has 7 aromatic rings. The molecule has 10 heteroatoms. The summed E-state index contributed by atoms with van der Waals surface area (Å²) in [6.07, 6.45) is 0. The summed E-state index contributed by atoms with van der Waals surface area (Å²) in [5, 5.41) is 64.6. The summed E-state index contributed by atoms with van der Waals surface area (Å²) in [6.45, 7) is 11.7. The maximum absolute atomic E-state index is 11.4. The summed E-state index contributed by atoms with van der Waals surface area (Å²) in [4.78, 5) is 0. The van der Waals surface area contributed by atoms with Crippen molar-refractivity contribution in [3.8, 4) is 17.2 Å². The topological polar surface area (TPSA) is 135 Å². The normalized spacial score (nSPS) is 11.9. The molecule has 0 aliphatic heterocycles. The third-order valence-electron chi connectivity index (χ3n) is 9.17. The summed E-state index contributed by atoms with van der Waals surface area (Å²) in [5.41, 5.74) is 8.37. The smallest absolute Gasteiger partial charge is 0.151 e. The molecule has 52 heavy (non-hydrogen) atoms. The fraction of sp³-hybridized carbons (Fsp3) is 0.143. The van der Waals surface area contributed by atoms with Gasteiger partial charge in [-0.25, -0.2) is 0 Å². The van der Waals surface area contributed by atoms with Gasteiger partial charge in [-0.2, -0.15) is 15.3 Å². The van der Waals surface area contributed by atoms with Crippen LogP contribution in [0.5, 0.6) is 17.2 Å². The average Bonchev–Trinajstić information content (AvgIpc) is 3.09. The largest absolute Gasteiger partial charge is 0.507 e. The van der Waals surface area contributed by atoms with E-state index in [1.54, 1.807) is 18.2 Å². The van der Waals surface area contributed by atoms with Crippen LogP contribution >= 0.6 is 0 Å². The molecule has 0 aromatic heterocycles. The van der Waals surface area contributed by atoms with Gasteiger partial charge >= 0.3 is 0 Å². The van der Waals surface area contributed by atoms with Crippen molar-refractivity contribution in [3.63, 3.8) is 0 Å². The molecular weight excluding hydrogens is 700 g/mol. The fourth-order valence-electron chi connectivity index (χ4n) is 6.43. The summed E-state index contributed by atoms with van der Waals surface area (Å²) in [7, 11) is 0. The van der Waals surface area contributed by atoms with Crippen LogP contribution in [0.4, 0.5) is 34.1 Å². The molecule has 0 bridgehead atoms. The van der Waals surface area contributed by atoms with Crippen LogP contribution in [0.2, 0.25) is 0 Å². The Morgan fingerprint density at radius 3 is 1.94 bits per heavy atom. The van der Waals surface area contributed by atoms with E-state index >= 15 is 0 Å². The minimum absolute atomic E-state index is 0. The van der Waals surface area contributed by atoms with E-state index in [1.807, 2.05) is 82.3 Å². The summed E-state index contributed by atoms with van der Waals surface area (Å²) < 4.78 is 0. The SMILES string of the molecule is Cc1cc(O)c2c(N=Nc3ccc4cc(C)c(N=Nc5cc(C)c(N=Nc6cc(C)c7cccc(C)c7c6)cc5O)c(O)c4c3)c(C)ccc2c1.[Cu]. The molecule has 0 amide bonds. The zero-order chi connectivity index (χ0) is 36.0. The number of hydrogen-bond acceptors (Lipinski definition) is 9. The molecule has 0 atom stereocenters. The van der Waals surface area contributed by atoms with Crippen molar-refractivity contribution in [1.82, 2.24) is 0 Å². The van der Waals surface area contributed by atoms with Crippen LogP contribution in [-0.2, 0) is 17.1 Å². The molecule has 3 N–H and O–H groups in total. The molecule has 0 saturated heterocycles. The van der Waals surface area contributed by atoms with Gasteiger partial charge in [-0.1, -0.05) is 42.5 Å². The van der Waals surface area contributed by atoms with Gasteiger partial charge in [-0.05, 0) is 139 Å². The standard InChI is InChI=1S/C42H36N6O3.Cu/c1-22-14-29-11-10-24(3)40(39(29)38(50)15-22)47-43-30-13-12-28-16-27(6)41(42(51)34(28)19-30)48-46-36-18-26(5)35(21-37(36)49)45-44-31-17-25(4)32-9-7-8-23(2)33(32)20-31;/h7-21,49-51H,1-6H3;. The van der Waals surface area contributed by atoms with Crippen LogP contribution < -0.4 is 0 Å². The van der Waals surface area contributed by atoms with Gasteiger partial charge in [-0.3, -0.25) is 0 Å². The Hall–Kier alpha value is -5.96. The third-order valence-corrected chi connectivity index (χ3v) is 9.17. The molecule has 0 spiro atoms. The maximum atomic E-state index is 11.4. The van der Waals surface area contributed by atoms with Crippen molar-refractivity contribution in [3.05, 3.63) is 124 Å². The van der Waals surface area contributed by atoms with Crippen molar-refractivity contribution in [1.29, 1.82) is 0 Å². The first-order chi connectivity index (χ1) is 24.5. The first-order valence-electron chi connectivity index (χ1n) is 16.5. The van der Waals surface area contributed by atoms with Crippen molar-refractivity contribution < 1.29 is 32.4 Å². The van der Waals surface area contributed by atoms with Gasteiger partial charge in [0, 0.05) is 28.5 Å². The minimum atomic E-state index is -0.116. The van der Waals surface area contributed by atoms with E-state index in [1.165, 1.54) is 17.0 Å². The van der Waals surface area contributed by atoms with Crippen molar-refractivity contribution in [2.24, 2.45) is 30.7 Å². The Labute approximate surface area is 311 Å². The van der Waals surface area contributed by atoms with Crippen molar-refractivity contribution >= 4 is 66.4 Å². The quantitative estimate of drug-likeness (QED) is 0.116. The van der Waals surface area contributed by atoms with E-state index in [2.05, 4.69) is 56.7 Å². The van der Waals surface area contributed by atoms with Crippen LogP contribution in [0.3, 0.4) is 0 Å². The number of nitrogens with zero attached hydrogens (tertiary/aromatic N) is 6. The summed E-state index contributed by atoms with van der Waals surface area (Å²) in [6, 6.07) is 28.3. The van der Waals surface area contributed by atoms with Gasteiger partial charge in [-0.15, -0.1) is 15.3 Å². The summed E-state index contributed by atoms with van der Waals surface area (Å²) in [5.74, 6) is -0.0344. The maximum Gasteiger partial charge on any atom is 0.151 e. The molecule has 9 nitrogen and oxygen atoms in total. The number of hydrogen-bond donors (Lipinski definition) is 3. The van der Waals surface area contributed by atoms with Crippen molar-refractivity contribution in [2.75, 3.05) is 0 Å². The van der Waals surface area contributed by atoms with E-state index in [0.29, 0.717) is 33.4 Å². The van der Waals surface area contributed by atoms with Gasteiger partial charge < -0.3 is 15.3 Å². The second-order valence-electron chi connectivity index (χ2n) is 13.1. The Bertz CT molecular complexity index is 2650. The Kier molecular flexibility index (Phi) is 9.89. The number of azo groups is 3. The second kappa shape index (κ2) is 14.3. The van der Waals surface area contributed by atoms with E-state index in [9.17, 15) is 15.3 Å². The van der Waals surface area contributed by atoms with E-state index in [4.69, 9.17) is 0 Å². The van der Waals surface area contributed by atoms with Crippen LogP contribution in [0.25, 0.3) is 32.3 Å². The molecular formula is C42H36CuN6O3. The van der Waals surface area contributed by atoms with Crippen molar-refractivity contribution in [2.45, 2.75) is 41.5 Å². The van der Waals surface area contributed by atoms with E-state index in [0.717, 1.165) is 44.1 Å². The molecule has 7 rings (SSSR count). The number of phenols is 3. The predicted octanol–water partition coefficient (Wildman–Crippen LogP) is 13.4. The van der Waals surface area contributed by atoms with Crippen LogP contribution in [0.15, 0.2) is 122 Å². The van der Waals surface area contributed by atoms with Gasteiger partial charge in [0.2, 0.25) is 0 Å². The average molecular weight is 736 g/mol. The monoisotopic (exact) mass is 735 g/mol. The number of aryl methyl sites for hydroxylation is 6. The summed E-state index contributed by atoms with van der Waals surface area (Å²) >= 11 is 0. The molecule has 1 radical (unpaired) electrons. The van der Waals surface area contributed by atoms with Gasteiger partial charge in [0.05, 0.1) is 22.4 Å². The minimum Gasteiger partial charge on any atom is -0.507 e. The molecule has 0 heterocycles. The molecule has 0 fully saturated rings. The zero-order valence-corrected chi connectivity index (χ0v) is 30.4. The van der Waals surface area contributed by atoms with Crippen LogP contribution in [0, 0.1) is 41.5 Å². The van der Waals surface area contributed by atoms with Gasteiger partial charge in [0.1, 0.15) is 28.6 Å². The number of aromatic hydroxyl groups is 3. The zero-order valence-electron chi connectivity index (χ0n) is 29.5. The predicted molar refractivity (Wildman–Crippen MR) is 204 cm³/mol. The molecule has 7 aromatic carbocycles. The number of phenolic OH excluding ortho intramolecular Hbond substituents is 3. The molecule has 263 valence electrons. The Balaban J connectivity index is 0.00000464. The van der Waals surface area contributed by atoms with Gasteiger partial charge in [0.25, 0.3) is 0 Å². The van der Waals surface area contributed by atoms with Crippen LogP contribution in [0.1, 0.15) is 33.4 Å². The first kappa shape index (κ1) is 35.9. The molecule has 0 unspecified atom stereocenters. The number of rotatable bonds is 6. The number of benzene rings is 7. The number of fused-ring (bicyclic) bond motifs is 3.